The maximum absolute atomic E-state index is 11.8. The van der Waals surface area contributed by atoms with Crippen LogP contribution in [0.4, 0.5) is 10.5 Å². The van der Waals surface area contributed by atoms with Crippen molar-refractivity contribution < 1.29 is 14.7 Å². The largest absolute Gasteiger partial charge is 0.480 e. The Morgan fingerprint density at radius 3 is 2.62 bits per heavy atom. The van der Waals surface area contributed by atoms with Gasteiger partial charge in [-0.25, -0.2) is 9.59 Å². The number of carbonyl (C=O) groups is 2. The molecule has 5 nitrogen and oxygen atoms in total. The van der Waals surface area contributed by atoms with Crippen LogP contribution in [0.5, 0.6) is 0 Å². The molecule has 0 radical (unpaired) electrons. The number of aliphatic carboxylic acids is 1. The summed E-state index contributed by atoms with van der Waals surface area (Å²) in [5.41, 5.74) is 0.302. The summed E-state index contributed by atoms with van der Waals surface area (Å²) in [6.45, 7) is 0. The lowest BCUT2D eigenvalue weighted by Gasteiger charge is -2.15. The predicted molar refractivity (Wildman–Crippen MR) is 90.7 cm³/mol. The molecule has 1 atom stereocenters. The highest BCUT2D eigenvalue weighted by atomic mass is 79.9. The minimum atomic E-state index is -1.08. The van der Waals surface area contributed by atoms with E-state index in [4.69, 9.17) is 28.3 Å². The highest BCUT2D eigenvalue weighted by molar-refractivity contribution is 9.10. The second-order valence-electron chi connectivity index (χ2n) is 3.99. The highest BCUT2D eigenvalue weighted by Gasteiger charge is 2.20. The van der Waals surface area contributed by atoms with Crippen LogP contribution in [-0.4, -0.2) is 35.2 Å². The monoisotopic (exact) mass is 414 g/mol. The zero-order chi connectivity index (χ0) is 16.0. The number of amides is 2. The number of anilines is 1. The van der Waals surface area contributed by atoms with Crippen molar-refractivity contribution in [1.82, 2.24) is 5.32 Å². The van der Waals surface area contributed by atoms with Crippen LogP contribution in [0, 0.1) is 0 Å². The SMILES string of the molecule is CSCCC(NC(=O)Nc1ccc(Br)c(Cl)c1Cl)C(=O)O. The van der Waals surface area contributed by atoms with Gasteiger partial charge >= 0.3 is 12.0 Å². The summed E-state index contributed by atoms with van der Waals surface area (Å²) >= 11 is 16.7. The van der Waals surface area contributed by atoms with E-state index in [2.05, 4.69) is 26.6 Å². The van der Waals surface area contributed by atoms with Crippen LogP contribution in [0.1, 0.15) is 6.42 Å². The van der Waals surface area contributed by atoms with Gasteiger partial charge in [0.05, 0.1) is 15.7 Å². The number of nitrogens with one attached hydrogen (secondary N) is 2. The molecule has 0 spiro atoms. The Balaban J connectivity index is 2.72. The van der Waals surface area contributed by atoms with E-state index in [1.807, 2.05) is 6.26 Å². The third kappa shape index (κ3) is 5.58. The van der Waals surface area contributed by atoms with E-state index in [1.165, 1.54) is 11.8 Å². The molecular weight excluding hydrogens is 403 g/mol. The second kappa shape index (κ2) is 8.73. The van der Waals surface area contributed by atoms with Crippen molar-refractivity contribution in [2.45, 2.75) is 12.5 Å². The molecule has 0 aliphatic carbocycles. The van der Waals surface area contributed by atoms with Crippen LogP contribution in [0.25, 0.3) is 0 Å². The van der Waals surface area contributed by atoms with Gasteiger partial charge in [-0.3, -0.25) is 0 Å². The molecule has 0 bridgehead atoms. The zero-order valence-corrected chi connectivity index (χ0v) is 14.9. The predicted octanol–water partition coefficient (Wildman–Crippen LogP) is 4.08. The van der Waals surface area contributed by atoms with Gasteiger partial charge in [-0.2, -0.15) is 11.8 Å². The highest BCUT2D eigenvalue weighted by Crippen LogP contribution is 2.35. The smallest absolute Gasteiger partial charge is 0.326 e. The standard InChI is InChI=1S/C12H13BrCl2N2O3S/c1-21-5-4-8(11(18)19)17-12(20)16-7-3-2-6(13)9(14)10(7)15/h2-3,8H,4-5H2,1H3,(H,18,19)(H2,16,17,20). The fraction of sp³-hybridized carbons (Fsp3) is 0.333. The summed E-state index contributed by atoms with van der Waals surface area (Å²) in [6, 6.07) is 1.59. The van der Waals surface area contributed by atoms with E-state index in [9.17, 15) is 9.59 Å². The molecule has 1 rings (SSSR count). The first-order chi connectivity index (χ1) is 9.86. The summed E-state index contributed by atoms with van der Waals surface area (Å²) in [4.78, 5) is 22.9. The van der Waals surface area contributed by atoms with E-state index in [0.717, 1.165) is 0 Å². The number of carbonyl (C=O) groups excluding carboxylic acids is 1. The molecule has 1 aromatic rings. The van der Waals surface area contributed by atoms with Gasteiger partial charge in [0.25, 0.3) is 0 Å². The zero-order valence-electron chi connectivity index (χ0n) is 11.0. The molecule has 0 aliphatic heterocycles. The normalized spacial score (nSPS) is 11.8. The van der Waals surface area contributed by atoms with E-state index < -0.39 is 18.0 Å². The molecule has 2 amide bonds. The number of thioether (sulfide) groups is 1. The molecule has 0 aliphatic rings. The fourth-order valence-corrected chi connectivity index (χ4v) is 2.72. The maximum Gasteiger partial charge on any atom is 0.326 e. The van der Waals surface area contributed by atoms with Crippen molar-refractivity contribution in [2.24, 2.45) is 0 Å². The number of carboxylic acid groups (broad SMARTS) is 1. The van der Waals surface area contributed by atoms with Gasteiger partial charge in [-0.1, -0.05) is 23.2 Å². The number of hydrogen-bond acceptors (Lipinski definition) is 3. The Hall–Kier alpha value is -0.630. The lowest BCUT2D eigenvalue weighted by atomic mass is 10.2. The van der Waals surface area contributed by atoms with Gasteiger partial charge in [0, 0.05) is 4.47 Å². The third-order valence-corrected chi connectivity index (χ3v) is 4.91. The Bertz CT molecular complexity index is 545. The van der Waals surface area contributed by atoms with Crippen LogP contribution < -0.4 is 10.6 Å². The van der Waals surface area contributed by atoms with Crippen molar-refractivity contribution >= 4 is 68.6 Å². The van der Waals surface area contributed by atoms with E-state index in [-0.39, 0.29) is 10.0 Å². The summed E-state index contributed by atoms with van der Waals surface area (Å²) in [5, 5.41) is 14.4. The Labute approximate surface area is 144 Å². The van der Waals surface area contributed by atoms with Gasteiger partial charge in [-0.15, -0.1) is 0 Å². The molecule has 1 aromatic carbocycles. The molecule has 1 unspecified atom stereocenters. The first-order valence-electron chi connectivity index (χ1n) is 5.79. The van der Waals surface area contributed by atoms with Gasteiger partial charge < -0.3 is 15.7 Å². The molecule has 0 aromatic heterocycles. The average molecular weight is 416 g/mol. The van der Waals surface area contributed by atoms with Crippen LogP contribution >= 0.6 is 50.9 Å². The van der Waals surface area contributed by atoms with Gasteiger partial charge in [-0.05, 0) is 46.5 Å². The molecule has 21 heavy (non-hydrogen) atoms. The molecule has 116 valence electrons. The Morgan fingerprint density at radius 1 is 1.38 bits per heavy atom. The number of benzene rings is 1. The van der Waals surface area contributed by atoms with E-state index in [0.29, 0.717) is 22.3 Å². The van der Waals surface area contributed by atoms with E-state index in [1.54, 1.807) is 12.1 Å². The van der Waals surface area contributed by atoms with E-state index >= 15 is 0 Å². The van der Waals surface area contributed by atoms with Crippen LogP contribution in [0.2, 0.25) is 10.0 Å². The van der Waals surface area contributed by atoms with Crippen molar-refractivity contribution in [3.8, 4) is 0 Å². The quantitative estimate of drug-likeness (QED) is 0.611. The Kier molecular flexibility index (Phi) is 7.65. The molecule has 9 heteroatoms. The number of hydrogen-bond donors (Lipinski definition) is 3. The minimum Gasteiger partial charge on any atom is -0.480 e. The van der Waals surface area contributed by atoms with Crippen LogP contribution in [0.15, 0.2) is 16.6 Å². The van der Waals surface area contributed by atoms with Crippen molar-refractivity contribution in [3.63, 3.8) is 0 Å². The van der Waals surface area contributed by atoms with Crippen LogP contribution in [-0.2, 0) is 4.79 Å². The fourth-order valence-electron chi connectivity index (χ4n) is 1.43. The summed E-state index contributed by atoms with van der Waals surface area (Å²) < 4.78 is 0.600. The maximum atomic E-state index is 11.8. The van der Waals surface area contributed by atoms with Crippen molar-refractivity contribution in [3.05, 3.63) is 26.7 Å². The first-order valence-corrected chi connectivity index (χ1v) is 8.73. The third-order valence-electron chi connectivity index (χ3n) is 2.50. The number of urea groups is 1. The van der Waals surface area contributed by atoms with Gasteiger partial charge in [0.1, 0.15) is 6.04 Å². The number of carboxylic acids is 1. The molecule has 0 saturated heterocycles. The Morgan fingerprint density at radius 2 is 2.05 bits per heavy atom. The average Bonchev–Trinajstić information content (AvgIpc) is 2.43. The molecular formula is C12H13BrCl2N2O3S. The van der Waals surface area contributed by atoms with Crippen molar-refractivity contribution in [1.29, 1.82) is 0 Å². The molecule has 3 N–H and O–H groups in total. The molecule has 0 saturated carbocycles. The lowest BCUT2D eigenvalue weighted by molar-refractivity contribution is -0.139. The summed E-state index contributed by atoms with van der Waals surface area (Å²) in [5.74, 6) is -0.457. The first kappa shape index (κ1) is 18.4. The van der Waals surface area contributed by atoms with Gasteiger partial charge in [0.2, 0.25) is 0 Å². The topological polar surface area (TPSA) is 78.4 Å². The molecule has 0 fully saturated rings. The number of rotatable bonds is 6. The summed E-state index contributed by atoms with van der Waals surface area (Å²) in [7, 11) is 0. The second-order valence-corrected chi connectivity index (χ2v) is 6.59. The number of halogens is 3. The molecule has 0 heterocycles. The van der Waals surface area contributed by atoms with Crippen LogP contribution in [0.3, 0.4) is 0 Å². The minimum absolute atomic E-state index is 0.178. The van der Waals surface area contributed by atoms with Crippen molar-refractivity contribution in [2.75, 3.05) is 17.3 Å². The summed E-state index contributed by atoms with van der Waals surface area (Å²) in [6.07, 6.45) is 2.20. The lowest BCUT2D eigenvalue weighted by Crippen LogP contribution is -2.43. The van der Waals surface area contributed by atoms with Gasteiger partial charge in [0.15, 0.2) is 0 Å².